The van der Waals surface area contributed by atoms with Crippen molar-refractivity contribution in [3.05, 3.63) is 0 Å². The molecular weight excluding hydrogens is 486 g/mol. The van der Waals surface area contributed by atoms with Crippen LogP contribution in [-0.4, -0.2) is 87.4 Å². The van der Waals surface area contributed by atoms with Crippen molar-refractivity contribution in [2.24, 2.45) is 17.6 Å². The first-order valence-corrected chi connectivity index (χ1v) is 12.6. The molecule has 0 saturated carbocycles. The Balaban J connectivity index is 3.06. The third-order valence-electron chi connectivity index (χ3n) is 6.14. The number of hydrogen-bond donors (Lipinski definition) is 6. The largest absolute Gasteiger partial charge is 0.481 e. The predicted molar refractivity (Wildman–Crippen MR) is 133 cm³/mol. The number of rotatable bonds is 14. The molecule has 1 aliphatic rings. The number of carboxylic acids is 2. The number of carbonyl (C=O) groups is 6. The Morgan fingerprint density at radius 1 is 0.946 bits per heavy atom. The van der Waals surface area contributed by atoms with Crippen LogP contribution in [0.2, 0.25) is 0 Å². The third kappa shape index (κ3) is 9.98. The average Bonchev–Trinajstić information content (AvgIpc) is 3.28. The molecule has 13 nitrogen and oxygen atoms in total. The zero-order chi connectivity index (χ0) is 28.4. The second kappa shape index (κ2) is 14.5. The molecule has 4 amide bonds. The molecule has 0 unspecified atom stereocenters. The molecule has 1 heterocycles. The highest BCUT2D eigenvalue weighted by Gasteiger charge is 2.39. The minimum atomic E-state index is -1.27. The zero-order valence-electron chi connectivity index (χ0n) is 22.2. The van der Waals surface area contributed by atoms with E-state index in [4.69, 9.17) is 15.9 Å². The fourth-order valence-electron chi connectivity index (χ4n) is 4.07. The number of amides is 4. The number of carboxylic acid groups (broad SMARTS) is 2. The van der Waals surface area contributed by atoms with Crippen LogP contribution < -0.4 is 21.7 Å². The molecule has 37 heavy (non-hydrogen) atoms. The first kappa shape index (κ1) is 31.8. The summed E-state index contributed by atoms with van der Waals surface area (Å²) in [6.07, 6.45) is 0.527. The fraction of sp³-hybridized carbons (Fsp3) is 0.750. The van der Waals surface area contributed by atoms with E-state index >= 15 is 0 Å². The molecule has 1 aliphatic heterocycles. The van der Waals surface area contributed by atoms with Gasteiger partial charge < -0.3 is 36.8 Å². The van der Waals surface area contributed by atoms with Gasteiger partial charge in [0.1, 0.15) is 24.2 Å². The summed E-state index contributed by atoms with van der Waals surface area (Å²) in [5.41, 5.74) is 5.93. The topological polar surface area (TPSA) is 208 Å². The predicted octanol–water partition coefficient (Wildman–Crippen LogP) is -0.569. The van der Waals surface area contributed by atoms with Crippen molar-refractivity contribution in [3.8, 4) is 0 Å². The number of likely N-dealkylation sites (tertiary alicyclic amines) is 1. The minimum absolute atomic E-state index is 0.161. The van der Waals surface area contributed by atoms with Crippen LogP contribution in [0.5, 0.6) is 0 Å². The van der Waals surface area contributed by atoms with Gasteiger partial charge in [0.2, 0.25) is 23.6 Å². The average molecular weight is 528 g/mol. The number of nitrogens with zero attached hydrogens (tertiary/aromatic N) is 1. The lowest BCUT2D eigenvalue weighted by atomic mass is 9.99. The molecule has 13 heteroatoms. The van der Waals surface area contributed by atoms with Crippen molar-refractivity contribution in [3.63, 3.8) is 0 Å². The molecular formula is C24H41N5O8. The Labute approximate surface area is 216 Å². The smallest absolute Gasteiger partial charge is 0.325 e. The van der Waals surface area contributed by atoms with Gasteiger partial charge in [0.05, 0.1) is 6.04 Å². The molecule has 1 rings (SSSR count). The second-order valence-corrected chi connectivity index (χ2v) is 10.2. The lowest BCUT2D eigenvalue weighted by Crippen LogP contribution is -2.59. The van der Waals surface area contributed by atoms with Crippen molar-refractivity contribution in [1.82, 2.24) is 20.9 Å². The molecule has 0 aromatic carbocycles. The van der Waals surface area contributed by atoms with Gasteiger partial charge in [-0.1, -0.05) is 27.7 Å². The molecule has 0 spiro atoms. The van der Waals surface area contributed by atoms with Gasteiger partial charge in [0, 0.05) is 13.0 Å². The van der Waals surface area contributed by atoms with Gasteiger partial charge in [-0.25, -0.2) is 0 Å². The van der Waals surface area contributed by atoms with Crippen molar-refractivity contribution in [1.29, 1.82) is 0 Å². The normalized spacial score (nSPS) is 18.6. The SMILES string of the molecule is CC(C)C[C@H](N)C(=O)N[C@H](C(=O)N[C@@H](CCC(=O)O)C(=O)N1CCC[C@H]1C(=O)N[C@@H](C)C(=O)O)C(C)C. The molecule has 0 radical (unpaired) electrons. The van der Waals surface area contributed by atoms with E-state index in [0.29, 0.717) is 19.3 Å². The molecule has 0 bridgehead atoms. The third-order valence-corrected chi connectivity index (χ3v) is 6.14. The van der Waals surface area contributed by atoms with Crippen LogP contribution in [0.25, 0.3) is 0 Å². The van der Waals surface area contributed by atoms with E-state index in [1.807, 2.05) is 13.8 Å². The van der Waals surface area contributed by atoms with E-state index in [9.17, 15) is 28.8 Å². The van der Waals surface area contributed by atoms with Crippen LogP contribution in [0.1, 0.15) is 66.7 Å². The van der Waals surface area contributed by atoms with Crippen LogP contribution in [0.15, 0.2) is 0 Å². The highest BCUT2D eigenvalue weighted by atomic mass is 16.4. The first-order valence-electron chi connectivity index (χ1n) is 12.6. The van der Waals surface area contributed by atoms with Crippen molar-refractivity contribution in [2.75, 3.05) is 6.54 Å². The molecule has 1 saturated heterocycles. The summed E-state index contributed by atoms with van der Waals surface area (Å²) in [6, 6.07) is -5.23. The number of carbonyl (C=O) groups excluding carboxylic acids is 4. The summed E-state index contributed by atoms with van der Waals surface area (Å²) >= 11 is 0. The van der Waals surface area contributed by atoms with E-state index in [1.54, 1.807) is 13.8 Å². The zero-order valence-corrected chi connectivity index (χ0v) is 22.2. The number of nitrogens with two attached hydrogens (primary N) is 1. The first-order chi connectivity index (χ1) is 17.1. The Morgan fingerprint density at radius 3 is 2.08 bits per heavy atom. The standard InChI is InChI=1S/C24H41N5O8/c1-12(2)11-15(25)20(32)28-19(13(3)4)22(34)27-16(8-9-18(30)31)23(35)29-10-6-7-17(29)21(33)26-14(5)24(36)37/h12-17,19H,6-11,25H2,1-5H3,(H,26,33)(H,27,34)(H,28,32)(H,30,31)(H,36,37)/t14-,15-,16-,17-,19-/m0/s1. The molecule has 210 valence electrons. The molecule has 1 fully saturated rings. The summed E-state index contributed by atoms with van der Waals surface area (Å²) in [5, 5.41) is 25.7. The van der Waals surface area contributed by atoms with E-state index < -0.39 is 72.2 Å². The van der Waals surface area contributed by atoms with Crippen LogP contribution in [0.4, 0.5) is 0 Å². The fourth-order valence-corrected chi connectivity index (χ4v) is 4.07. The van der Waals surface area contributed by atoms with E-state index in [1.165, 1.54) is 11.8 Å². The van der Waals surface area contributed by atoms with Gasteiger partial charge in [0.15, 0.2) is 0 Å². The maximum atomic E-state index is 13.4. The van der Waals surface area contributed by atoms with E-state index in [-0.39, 0.29) is 24.8 Å². The molecule has 7 N–H and O–H groups in total. The quantitative estimate of drug-likeness (QED) is 0.171. The van der Waals surface area contributed by atoms with Crippen molar-refractivity contribution >= 4 is 35.6 Å². The highest BCUT2D eigenvalue weighted by molar-refractivity contribution is 5.96. The number of hydrogen-bond acceptors (Lipinski definition) is 7. The summed E-state index contributed by atoms with van der Waals surface area (Å²) in [7, 11) is 0. The van der Waals surface area contributed by atoms with Gasteiger partial charge >= 0.3 is 11.9 Å². The van der Waals surface area contributed by atoms with Crippen LogP contribution in [-0.2, 0) is 28.8 Å². The van der Waals surface area contributed by atoms with Crippen molar-refractivity contribution < 1.29 is 39.0 Å². The maximum absolute atomic E-state index is 13.4. The second-order valence-electron chi connectivity index (χ2n) is 10.2. The Bertz CT molecular complexity index is 862. The van der Waals surface area contributed by atoms with Crippen LogP contribution in [0, 0.1) is 11.8 Å². The monoisotopic (exact) mass is 527 g/mol. The molecule has 0 aliphatic carbocycles. The highest BCUT2D eigenvalue weighted by Crippen LogP contribution is 2.20. The van der Waals surface area contributed by atoms with Gasteiger partial charge in [-0.15, -0.1) is 0 Å². The van der Waals surface area contributed by atoms with Gasteiger partial charge in [-0.05, 0) is 44.4 Å². The van der Waals surface area contributed by atoms with Gasteiger partial charge in [-0.2, -0.15) is 0 Å². The van der Waals surface area contributed by atoms with Crippen LogP contribution in [0.3, 0.4) is 0 Å². The minimum Gasteiger partial charge on any atom is -0.481 e. The van der Waals surface area contributed by atoms with E-state index in [2.05, 4.69) is 16.0 Å². The summed E-state index contributed by atoms with van der Waals surface area (Å²) in [6.45, 7) is 8.71. The van der Waals surface area contributed by atoms with Gasteiger partial charge in [-0.3, -0.25) is 28.8 Å². The Hall–Kier alpha value is -3.22. The number of nitrogens with one attached hydrogen (secondary N) is 3. The van der Waals surface area contributed by atoms with Gasteiger partial charge in [0.25, 0.3) is 0 Å². The Kier molecular flexibility index (Phi) is 12.5. The lowest BCUT2D eigenvalue weighted by Gasteiger charge is -2.31. The molecule has 0 aromatic heterocycles. The summed E-state index contributed by atoms with van der Waals surface area (Å²) < 4.78 is 0. The van der Waals surface area contributed by atoms with E-state index in [0.717, 1.165) is 0 Å². The van der Waals surface area contributed by atoms with Crippen molar-refractivity contribution in [2.45, 2.75) is 96.9 Å². The summed E-state index contributed by atoms with van der Waals surface area (Å²) in [5.74, 6) is -5.10. The molecule has 0 aromatic rings. The summed E-state index contributed by atoms with van der Waals surface area (Å²) in [4.78, 5) is 75.3. The Morgan fingerprint density at radius 2 is 1.57 bits per heavy atom. The lowest BCUT2D eigenvalue weighted by molar-refractivity contribution is -0.145. The molecule has 5 atom stereocenters. The maximum Gasteiger partial charge on any atom is 0.325 e. The number of aliphatic carboxylic acids is 2. The van der Waals surface area contributed by atoms with Crippen LogP contribution >= 0.6 is 0 Å².